The molecule has 1 N–H and O–H groups in total. The van der Waals surface area contributed by atoms with Crippen molar-refractivity contribution in [3.63, 3.8) is 0 Å². The van der Waals surface area contributed by atoms with Gasteiger partial charge >= 0.3 is 0 Å². The summed E-state index contributed by atoms with van der Waals surface area (Å²) in [6.07, 6.45) is 1.87. The van der Waals surface area contributed by atoms with E-state index in [4.69, 9.17) is 0 Å². The normalized spacial score (nSPS) is 11.6. The lowest BCUT2D eigenvalue weighted by Crippen LogP contribution is -2.27. The van der Waals surface area contributed by atoms with Crippen LogP contribution in [0.5, 0.6) is 0 Å². The molecule has 1 rings (SSSR count). The second-order valence-electron chi connectivity index (χ2n) is 4.10. The summed E-state index contributed by atoms with van der Waals surface area (Å²) in [5.74, 6) is 0.980. The molecule has 2 nitrogen and oxygen atoms in total. The second kappa shape index (κ2) is 6.11. The first kappa shape index (κ1) is 12.5. The van der Waals surface area contributed by atoms with Crippen molar-refractivity contribution in [3.8, 4) is 0 Å². The molecule has 0 aliphatic carbocycles. The van der Waals surface area contributed by atoms with Gasteiger partial charge in [0.05, 0.1) is 12.4 Å². The summed E-state index contributed by atoms with van der Waals surface area (Å²) >= 11 is 0. The topological polar surface area (TPSA) is 24.4 Å². The summed E-state index contributed by atoms with van der Waals surface area (Å²) in [6.45, 7) is 10.7. The molecule has 1 aromatic carbocycles. The monoisotopic (exact) mass is 216 g/mol. The average molecular weight is 216 g/mol. The van der Waals surface area contributed by atoms with Gasteiger partial charge in [0.25, 0.3) is 0 Å². The number of nitrogens with zero attached hydrogens (tertiary/aromatic N) is 1. The second-order valence-corrected chi connectivity index (χ2v) is 4.10. The number of aliphatic imine (C=N–C) groups is 1. The largest absolute Gasteiger partial charge is 0.372 e. The fourth-order valence-electron chi connectivity index (χ4n) is 1.54. The summed E-state index contributed by atoms with van der Waals surface area (Å²) in [4.78, 5) is 4.50. The van der Waals surface area contributed by atoms with Crippen molar-refractivity contribution >= 4 is 11.9 Å². The lowest BCUT2D eigenvalue weighted by atomic mass is 10.1. The Morgan fingerprint density at radius 1 is 1.44 bits per heavy atom. The van der Waals surface area contributed by atoms with Gasteiger partial charge in [0.15, 0.2) is 0 Å². The minimum absolute atomic E-state index is 0.429. The fraction of sp³-hybridized carbons (Fsp3) is 0.357. The van der Waals surface area contributed by atoms with Crippen LogP contribution in [0.3, 0.4) is 0 Å². The van der Waals surface area contributed by atoms with E-state index in [9.17, 15) is 0 Å². The van der Waals surface area contributed by atoms with Crippen molar-refractivity contribution in [1.82, 2.24) is 5.32 Å². The maximum atomic E-state index is 4.50. The number of hydrogen-bond donors (Lipinski definition) is 1. The van der Waals surface area contributed by atoms with E-state index in [1.165, 1.54) is 5.56 Å². The zero-order valence-electron chi connectivity index (χ0n) is 10.3. The molecule has 0 radical (unpaired) electrons. The standard InChI is InChI=1S/C14H20N2/c1-5-13-8-6-7-9-14(13)10-15-12(4)16-11(2)3/h5-9,11H,1,10H2,2-4H3,(H,15,16). The third-order valence-corrected chi connectivity index (χ3v) is 2.26. The van der Waals surface area contributed by atoms with Gasteiger partial charge in [-0.15, -0.1) is 0 Å². The molecule has 0 aromatic heterocycles. The van der Waals surface area contributed by atoms with Crippen LogP contribution in [0, 0.1) is 0 Å². The Kier molecular flexibility index (Phi) is 4.77. The van der Waals surface area contributed by atoms with Crippen LogP contribution in [0.1, 0.15) is 31.9 Å². The summed E-state index contributed by atoms with van der Waals surface area (Å²) < 4.78 is 0. The van der Waals surface area contributed by atoms with Crippen molar-refractivity contribution in [2.24, 2.45) is 4.99 Å². The number of benzene rings is 1. The average Bonchev–Trinajstić information content (AvgIpc) is 2.26. The molecule has 0 saturated heterocycles. The van der Waals surface area contributed by atoms with E-state index in [1.807, 2.05) is 25.1 Å². The molecule has 16 heavy (non-hydrogen) atoms. The molecule has 2 heteroatoms. The summed E-state index contributed by atoms with van der Waals surface area (Å²) in [5.41, 5.74) is 2.37. The molecule has 0 aliphatic rings. The van der Waals surface area contributed by atoms with Crippen LogP contribution in [0.25, 0.3) is 6.08 Å². The first-order valence-corrected chi connectivity index (χ1v) is 5.61. The van der Waals surface area contributed by atoms with Crippen LogP contribution in [-0.4, -0.2) is 11.9 Å². The van der Waals surface area contributed by atoms with Gasteiger partial charge in [0.2, 0.25) is 0 Å². The van der Waals surface area contributed by atoms with Crippen LogP contribution in [0.15, 0.2) is 35.8 Å². The van der Waals surface area contributed by atoms with E-state index in [0.717, 1.165) is 11.4 Å². The highest BCUT2D eigenvalue weighted by molar-refractivity contribution is 5.79. The van der Waals surface area contributed by atoms with Gasteiger partial charge in [-0.25, -0.2) is 0 Å². The molecular formula is C14H20N2. The Morgan fingerprint density at radius 3 is 2.75 bits per heavy atom. The van der Waals surface area contributed by atoms with E-state index in [2.05, 4.69) is 42.9 Å². The number of amidine groups is 1. The van der Waals surface area contributed by atoms with E-state index in [1.54, 1.807) is 0 Å². The molecule has 0 heterocycles. The zero-order valence-corrected chi connectivity index (χ0v) is 10.3. The minimum Gasteiger partial charge on any atom is -0.372 e. The smallest absolute Gasteiger partial charge is 0.0937 e. The van der Waals surface area contributed by atoms with Gasteiger partial charge in [-0.2, -0.15) is 0 Å². The lowest BCUT2D eigenvalue weighted by Gasteiger charge is -2.09. The van der Waals surface area contributed by atoms with Crippen LogP contribution < -0.4 is 5.32 Å². The van der Waals surface area contributed by atoms with E-state index in [-0.39, 0.29) is 0 Å². The van der Waals surface area contributed by atoms with Crippen molar-refractivity contribution in [3.05, 3.63) is 42.0 Å². The Balaban J connectivity index is 2.70. The first-order valence-electron chi connectivity index (χ1n) is 5.61. The van der Waals surface area contributed by atoms with Gasteiger partial charge in [0.1, 0.15) is 0 Å². The highest BCUT2D eigenvalue weighted by Crippen LogP contribution is 2.10. The molecule has 0 fully saturated rings. The van der Waals surface area contributed by atoms with E-state index >= 15 is 0 Å². The molecular weight excluding hydrogens is 196 g/mol. The number of hydrogen-bond acceptors (Lipinski definition) is 1. The van der Waals surface area contributed by atoms with Gasteiger partial charge in [-0.1, -0.05) is 36.9 Å². The predicted molar refractivity (Wildman–Crippen MR) is 71.6 cm³/mol. The zero-order chi connectivity index (χ0) is 12.0. The SMILES string of the molecule is C=Cc1ccccc1C/N=C(\C)NC(C)C. The Bertz CT molecular complexity index is 378. The molecule has 0 amide bonds. The summed E-state index contributed by atoms with van der Waals surface area (Å²) in [7, 11) is 0. The van der Waals surface area contributed by atoms with Crippen LogP contribution >= 0.6 is 0 Å². The van der Waals surface area contributed by atoms with Crippen LogP contribution in [-0.2, 0) is 6.54 Å². The first-order chi connectivity index (χ1) is 7.63. The minimum atomic E-state index is 0.429. The van der Waals surface area contributed by atoms with Crippen molar-refractivity contribution in [2.75, 3.05) is 0 Å². The molecule has 86 valence electrons. The predicted octanol–water partition coefficient (Wildman–Crippen LogP) is 3.25. The summed E-state index contributed by atoms with van der Waals surface area (Å²) in [6, 6.07) is 8.62. The van der Waals surface area contributed by atoms with Crippen molar-refractivity contribution < 1.29 is 0 Å². The third-order valence-electron chi connectivity index (χ3n) is 2.26. The van der Waals surface area contributed by atoms with Crippen LogP contribution in [0.2, 0.25) is 0 Å². The maximum absolute atomic E-state index is 4.50. The molecule has 0 spiro atoms. The third kappa shape index (κ3) is 3.89. The van der Waals surface area contributed by atoms with Gasteiger partial charge in [0, 0.05) is 6.04 Å². The van der Waals surface area contributed by atoms with E-state index in [0.29, 0.717) is 12.6 Å². The number of nitrogens with one attached hydrogen (secondary N) is 1. The highest BCUT2D eigenvalue weighted by atomic mass is 15.0. The Morgan fingerprint density at radius 2 is 2.12 bits per heavy atom. The maximum Gasteiger partial charge on any atom is 0.0937 e. The van der Waals surface area contributed by atoms with Gasteiger partial charge < -0.3 is 5.32 Å². The number of rotatable bonds is 4. The van der Waals surface area contributed by atoms with Gasteiger partial charge in [-0.3, -0.25) is 4.99 Å². The lowest BCUT2D eigenvalue weighted by molar-refractivity contribution is 0.726. The fourth-order valence-corrected chi connectivity index (χ4v) is 1.54. The van der Waals surface area contributed by atoms with E-state index < -0.39 is 0 Å². The highest BCUT2D eigenvalue weighted by Gasteiger charge is 1.98. The van der Waals surface area contributed by atoms with Crippen molar-refractivity contribution in [2.45, 2.75) is 33.4 Å². The Hall–Kier alpha value is -1.57. The van der Waals surface area contributed by atoms with Crippen LogP contribution in [0.4, 0.5) is 0 Å². The molecule has 0 unspecified atom stereocenters. The molecule has 0 aliphatic heterocycles. The quantitative estimate of drug-likeness (QED) is 0.606. The molecule has 0 bridgehead atoms. The molecule has 0 atom stereocenters. The van der Waals surface area contributed by atoms with Gasteiger partial charge in [-0.05, 0) is 31.9 Å². The Labute approximate surface area is 98.1 Å². The molecule has 1 aromatic rings. The molecule has 0 saturated carbocycles. The summed E-state index contributed by atoms with van der Waals surface area (Å²) in [5, 5.41) is 3.27. The van der Waals surface area contributed by atoms with Crippen molar-refractivity contribution in [1.29, 1.82) is 0 Å².